The maximum atomic E-state index is 5.34. The molecule has 6 heteroatoms. The second-order valence-corrected chi connectivity index (χ2v) is 9.50. The molecule has 24 heavy (non-hydrogen) atoms. The standard InChI is InChI=1S/C9H14N2S.C9H14S.K.H2O/c1-9(2,3)8(11-10)7-5-4-6-12-7;1-9(2,3)7-8-5-4-6-10-8;;/h4-6H,10H2,1-3H3;4-6H,7H2,1-3H3;;1H2/q;;+1;/p-1/b11-8+;;;. The summed E-state index contributed by atoms with van der Waals surface area (Å²) >= 11 is 3.52. The summed E-state index contributed by atoms with van der Waals surface area (Å²) in [6, 6.07) is 8.38. The van der Waals surface area contributed by atoms with Crippen molar-refractivity contribution in [1.29, 1.82) is 0 Å². The maximum absolute atomic E-state index is 5.34. The monoisotopic (exact) mass is 392 g/mol. The van der Waals surface area contributed by atoms with Crippen LogP contribution < -0.4 is 57.2 Å². The molecule has 0 saturated heterocycles. The Kier molecular flexibility index (Phi) is 13.3. The molecule has 2 rings (SSSR count). The first-order valence-corrected chi connectivity index (χ1v) is 9.24. The van der Waals surface area contributed by atoms with E-state index in [9.17, 15) is 0 Å². The Morgan fingerprint density at radius 2 is 1.54 bits per heavy atom. The van der Waals surface area contributed by atoms with Crippen molar-refractivity contribution >= 4 is 28.4 Å². The number of nitrogens with zero attached hydrogens (tertiary/aromatic N) is 1. The van der Waals surface area contributed by atoms with Gasteiger partial charge in [0.05, 0.1) is 10.6 Å². The van der Waals surface area contributed by atoms with Crippen molar-refractivity contribution in [2.75, 3.05) is 0 Å². The molecule has 3 nitrogen and oxygen atoms in total. The van der Waals surface area contributed by atoms with E-state index in [-0.39, 0.29) is 62.3 Å². The van der Waals surface area contributed by atoms with Crippen LogP contribution in [0.5, 0.6) is 0 Å². The fraction of sp³-hybridized carbons (Fsp3) is 0.500. The fourth-order valence-electron chi connectivity index (χ4n) is 1.98. The van der Waals surface area contributed by atoms with Gasteiger partial charge in [-0.15, -0.1) is 22.7 Å². The van der Waals surface area contributed by atoms with E-state index in [0.717, 1.165) is 10.6 Å². The van der Waals surface area contributed by atoms with Crippen molar-refractivity contribution in [2.24, 2.45) is 21.8 Å². The van der Waals surface area contributed by atoms with Crippen LogP contribution in [0.2, 0.25) is 0 Å². The number of nitrogens with two attached hydrogens (primary N) is 1. The fourth-order valence-corrected chi connectivity index (χ4v) is 3.91. The van der Waals surface area contributed by atoms with Gasteiger partial charge in [0.2, 0.25) is 0 Å². The Morgan fingerprint density at radius 3 is 1.88 bits per heavy atom. The zero-order valence-corrected chi connectivity index (χ0v) is 20.7. The zero-order chi connectivity index (χ0) is 16.8. The third-order valence-electron chi connectivity index (χ3n) is 2.88. The molecule has 0 aliphatic heterocycles. The topological polar surface area (TPSA) is 68.4 Å². The van der Waals surface area contributed by atoms with Gasteiger partial charge < -0.3 is 11.3 Å². The van der Waals surface area contributed by atoms with E-state index < -0.39 is 0 Å². The molecule has 0 aliphatic carbocycles. The molecule has 0 aromatic carbocycles. The van der Waals surface area contributed by atoms with Crippen molar-refractivity contribution in [3.05, 3.63) is 44.8 Å². The number of hydrogen-bond acceptors (Lipinski definition) is 5. The third kappa shape index (κ3) is 10.5. The molecule has 3 N–H and O–H groups in total. The summed E-state index contributed by atoms with van der Waals surface area (Å²) in [4.78, 5) is 2.65. The molecule has 0 aliphatic rings. The van der Waals surface area contributed by atoms with Gasteiger partial charge in [0.15, 0.2) is 0 Å². The Bertz CT molecular complexity index is 565. The van der Waals surface area contributed by atoms with Crippen LogP contribution in [0.3, 0.4) is 0 Å². The van der Waals surface area contributed by atoms with Crippen molar-refractivity contribution in [1.82, 2.24) is 0 Å². The van der Waals surface area contributed by atoms with E-state index >= 15 is 0 Å². The van der Waals surface area contributed by atoms with Crippen LogP contribution in [0.25, 0.3) is 0 Å². The molecule has 130 valence electrons. The molecular weight excluding hydrogens is 363 g/mol. The van der Waals surface area contributed by atoms with Gasteiger partial charge in [0, 0.05) is 10.3 Å². The molecule has 2 heterocycles. The molecule has 2 aromatic rings. The van der Waals surface area contributed by atoms with Gasteiger partial charge in [-0.1, -0.05) is 53.7 Å². The second-order valence-electron chi connectivity index (χ2n) is 7.52. The minimum Gasteiger partial charge on any atom is -0.870 e. The van der Waals surface area contributed by atoms with Gasteiger partial charge in [0.1, 0.15) is 0 Å². The Morgan fingerprint density at radius 1 is 1.00 bits per heavy atom. The van der Waals surface area contributed by atoms with E-state index in [0.29, 0.717) is 5.41 Å². The summed E-state index contributed by atoms with van der Waals surface area (Å²) in [7, 11) is 0. The Labute approximate surface area is 197 Å². The van der Waals surface area contributed by atoms with Crippen LogP contribution in [0.1, 0.15) is 51.3 Å². The first kappa shape index (κ1) is 26.7. The average Bonchev–Trinajstić information content (AvgIpc) is 3.00. The smallest absolute Gasteiger partial charge is 0.870 e. The van der Waals surface area contributed by atoms with Gasteiger partial charge in [-0.25, -0.2) is 0 Å². The summed E-state index contributed by atoms with van der Waals surface area (Å²) in [6.07, 6.45) is 1.20. The van der Waals surface area contributed by atoms with Crippen molar-refractivity contribution < 1.29 is 56.9 Å². The van der Waals surface area contributed by atoms with E-state index in [4.69, 9.17) is 5.84 Å². The first-order chi connectivity index (χ1) is 10.1. The summed E-state index contributed by atoms with van der Waals surface area (Å²) in [6.45, 7) is 13.1. The Balaban J connectivity index is 0. The number of hydrazone groups is 1. The minimum atomic E-state index is 0. The van der Waals surface area contributed by atoms with E-state index in [1.54, 1.807) is 11.3 Å². The molecule has 0 amide bonds. The number of rotatable bonds is 2. The third-order valence-corrected chi connectivity index (χ3v) is 4.63. The Hall–Kier alpha value is 0.466. The maximum Gasteiger partial charge on any atom is 1.00 e. The molecule has 0 unspecified atom stereocenters. The van der Waals surface area contributed by atoms with Crippen LogP contribution in [0.15, 0.2) is 40.1 Å². The van der Waals surface area contributed by atoms with Crippen molar-refractivity contribution in [3.63, 3.8) is 0 Å². The van der Waals surface area contributed by atoms with Gasteiger partial charge >= 0.3 is 51.4 Å². The average molecular weight is 393 g/mol. The van der Waals surface area contributed by atoms with Gasteiger partial charge in [-0.05, 0) is 34.7 Å². The molecule has 0 spiro atoms. The molecule has 0 radical (unpaired) electrons. The van der Waals surface area contributed by atoms with Crippen LogP contribution in [-0.4, -0.2) is 11.2 Å². The number of hydrogen-bond donors (Lipinski definition) is 1. The van der Waals surface area contributed by atoms with Gasteiger partial charge in [-0.2, -0.15) is 5.10 Å². The molecule has 2 aromatic heterocycles. The molecule has 0 bridgehead atoms. The largest absolute Gasteiger partial charge is 1.00 e. The summed E-state index contributed by atoms with van der Waals surface area (Å²) in [5.74, 6) is 5.34. The molecule has 0 atom stereocenters. The van der Waals surface area contributed by atoms with Crippen LogP contribution >= 0.6 is 22.7 Å². The molecular formula is C18H29KN2OS2. The zero-order valence-electron chi connectivity index (χ0n) is 16.0. The summed E-state index contributed by atoms with van der Waals surface area (Å²) < 4.78 is 0. The van der Waals surface area contributed by atoms with Gasteiger partial charge in [-0.3, -0.25) is 0 Å². The predicted octanol–water partition coefficient (Wildman–Crippen LogP) is 2.62. The van der Waals surface area contributed by atoms with E-state index in [2.05, 4.69) is 64.2 Å². The predicted molar refractivity (Wildman–Crippen MR) is 104 cm³/mol. The number of thiophene rings is 2. The van der Waals surface area contributed by atoms with Crippen LogP contribution in [0.4, 0.5) is 0 Å². The van der Waals surface area contributed by atoms with E-state index in [1.165, 1.54) is 11.3 Å². The van der Waals surface area contributed by atoms with Gasteiger partial charge in [0.25, 0.3) is 0 Å². The first-order valence-electron chi connectivity index (χ1n) is 7.48. The SMILES string of the molecule is CC(C)(C)/C(=N/N)c1cccs1.CC(C)(C)Cc1cccs1.[K+].[OH-]. The second kappa shape index (κ2) is 12.0. The normalized spacial score (nSPS) is 11.7. The summed E-state index contributed by atoms with van der Waals surface area (Å²) in [5.41, 5.74) is 1.43. The van der Waals surface area contributed by atoms with E-state index in [1.807, 2.05) is 28.8 Å². The summed E-state index contributed by atoms with van der Waals surface area (Å²) in [5, 5.41) is 8.00. The molecule has 0 saturated carbocycles. The van der Waals surface area contributed by atoms with Crippen molar-refractivity contribution in [3.8, 4) is 0 Å². The van der Waals surface area contributed by atoms with Crippen LogP contribution in [-0.2, 0) is 6.42 Å². The minimum absolute atomic E-state index is 0. The van der Waals surface area contributed by atoms with Crippen molar-refractivity contribution in [2.45, 2.75) is 48.0 Å². The molecule has 0 fully saturated rings. The van der Waals surface area contributed by atoms with Crippen LogP contribution in [0, 0.1) is 10.8 Å². The quantitative estimate of drug-likeness (QED) is 0.369.